The van der Waals surface area contributed by atoms with Gasteiger partial charge in [-0.3, -0.25) is 0 Å². The molecule has 3 aromatic heterocycles. The number of halogens is 1. The maximum atomic E-state index is 14.7. The van der Waals surface area contributed by atoms with E-state index in [1.807, 2.05) is 11.8 Å². The molecule has 0 spiro atoms. The summed E-state index contributed by atoms with van der Waals surface area (Å²) in [6, 6.07) is 4.44. The zero-order chi connectivity index (χ0) is 24.6. The minimum atomic E-state index is -3.25. The molecule has 1 atom stereocenters. The molecule has 5 rings (SSSR count). The van der Waals surface area contributed by atoms with Crippen molar-refractivity contribution in [1.82, 2.24) is 29.6 Å². The van der Waals surface area contributed by atoms with Crippen molar-refractivity contribution >= 4 is 21.7 Å². The van der Waals surface area contributed by atoms with Gasteiger partial charge < -0.3 is 9.80 Å². The molecule has 0 aliphatic carbocycles. The number of anilines is 2. The molecule has 0 bridgehead atoms. The Morgan fingerprint density at radius 3 is 2.43 bits per heavy atom. The van der Waals surface area contributed by atoms with Crippen LogP contribution < -0.4 is 14.5 Å². The smallest absolute Gasteiger partial charge is 0.208 e. The first-order valence-corrected chi connectivity index (χ1v) is 13.5. The molecule has 0 amide bonds. The molecule has 0 radical (unpaired) electrons. The molecule has 2 aliphatic rings. The fourth-order valence-corrected chi connectivity index (χ4v) is 5.55. The summed E-state index contributed by atoms with van der Waals surface area (Å²) in [6.45, 7) is 3.87. The van der Waals surface area contributed by atoms with E-state index in [0.29, 0.717) is 62.2 Å². The fourth-order valence-electron chi connectivity index (χ4n) is 4.71. The second-order valence-corrected chi connectivity index (χ2v) is 10.7. The highest BCUT2D eigenvalue weighted by Gasteiger charge is 2.29. The highest BCUT2D eigenvalue weighted by Crippen LogP contribution is 2.33. The minimum Gasteiger partial charge on any atom is -0.356 e. The molecular weight excluding hydrogens is 471 g/mol. The van der Waals surface area contributed by atoms with Gasteiger partial charge in [0.1, 0.15) is 17.5 Å². The molecule has 2 aliphatic heterocycles. The number of hydrogen-bond acceptors (Lipinski definition) is 9. The molecular formula is C23H27FN8O2S. The van der Waals surface area contributed by atoms with E-state index < -0.39 is 10.0 Å². The lowest BCUT2D eigenvalue weighted by atomic mass is 9.99. The average Bonchev–Trinajstić information content (AvgIpc) is 2.84. The Labute approximate surface area is 203 Å². The van der Waals surface area contributed by atoms with Crippen molar-refractivity contribution in [3.8, 4) is 11.6 Å². The minimum absolute atomic E-state index is 0.0867. The van der Waals surface area contributed by atoms with Gasteiger partial charge in [-0.25, -0.2) is 42.5 Å². The molecule has 0 saturated carbocycles. The maximum Gasteiger partial charge on any atom is 0.208 e. The number of aromatic nitrogens is 5. The van der Waals surface area contributed by atoms with Crippen molar-refractivity contribution in [2.45, 2.75) is 38.3 Å². The van der Waals surface area contributed by atoms with Gasteiger partial charge in [-0.1, -0.05) is 0 Å². The molecule has 12 heteroatoms. The summed E-state index contributed by atoms with van der Waals surface area (Å²) in [5.41, 5.74) is 1.90. The molecule has 0 aromatic carbocycles. The number of pyridine rings is 1. The lowest BCUT2D eigenvalue weighted by molar-refractivity contribution is 0.459. The van der Waals surface area contributed by atoms with E-state index in [2.05, 4.69) is 29.6 Å². The van der Waals surface area contributed by atoms with Gasteiger partial charge in [0.15, 0.2) is 11.6 Å². The Hall–Kier alpha value is -3.25. The number of piperidine rings is 1. The maximum absolute atomic E-state index is 14.7. The van der Waals surface area contributed by atoms with Crippen molar-refractivity contribution in [3.63, 3.8) is 0 Å². The van der Waals surface area contributed by atoms with Crippen LogP contribution in [0.5, 0.6) is 0 Å². The fraction of sp³-hybridized carbons (Fsp3) is 0.435. The van der Waals surface area contributed by atoms with E-state index >= 15 is 0 Å². The van der Waals surface area contributed by atoms with Gasteiger partial charge in [-0.15, -0.1) is 0 Å². The Morgan fingerprint density at radius 1 is 1.00 bits per heavy atom. The third kappa shape index (κ3) is 5.22. The summed E-state index contributed by atoms with van der Waals surface area (Å²) in [6.07, 6.45) is 8.22. The summed E-state index contributed by atoms with van der Waals surface area (Å²) in [7, 11) is -3.25. The van der Waals surface area contributed by atoms with Crippen molar-refractivity contribution in [3.05, 3.63) is 53.9 Å². The molecule has 1 N–H and O–H groups in total. The van der Waals surface area contributed by atoms with E-state index in [9.17, 15) is 12.8 Å². The first-order chi connectivity index (χ1) is 16.8. The Morgan fingerprint density at radius 2 is 1.71 bits per heavy atom. The monoisotopic (exact) mass is 498 g/mol. The van der Waals surface area contributed by atoms with E-state index in [1.54, 1.807) is 24.7 Å². The van der Waals surface area contributed by atoms with Crippen molar-refractivity contribution < 1.29 is 12.8 Å². The van der Waals surface area contributed by atoms with Gasteiger partial charge in [-0.2, -0.15) is 0 Å². The molecule has 1 saturated heterocycles. The molecule has 1 unspecified atom stereocenters. The van der Waals surface area contributed by atoms with Gasteiger partial charge in [0.05, 0.1) is 18.0 Å². The highest BCUT2D eigenvalue weighted by atomic mass is 32.2. The zero-order valence-corrected chi connectivity index (χ0v) is 20.4. The zero-order valence-electron chi connectivity index (χ0n) is 19.6. The lowest BCUT2D eigenvalue weighted by Gasteiger charge is -2.37. The number of hydrogen-bond donors (Lipinski definition) is 1. The van der Waals surface area contributed by atoms with Crippen LogP contribution in [0.15, 0.2) is 36.8 Å². The number of sulfonamides is 1. The number of nitrogens with one attached hydrogen (secondary N) is 1. The number of rotatable bonds is 5. The van der Waals surface area contributed by atoms with Crippen molar-refractivity contribution in [2.24, 2.45) is 0 Å². The number of nitrogens with zero attached hydrogens (tertiary/aromatic N) is 7. The summed E-state index contributed by atoms with van der Waals surface area (Å²) >= 11 is 0. The van der Waals surface area contributed by atoms with E-state index in [4.69, 9.17) is 4.98 Å². The summed E-state index contributed by atoms with van der Waals surface area (Å²) < 4.78 is 40.4. The van der Waals surface area contributed by atoms with Crippen LogP contribution >= 0.6 is 0 Å². The quantitative estimate of drug-likeness (QED) is 0.564. The third-order valence-corrected chi connectivity index (χ3v) is 7.19. The van der Waals surface area contributed by atoms with Crippen molar-refractivity contribution in [1.29, 1.82) is 0 Å². The number of fused-ring (bicyclic) bond motifs is 1. The standard InChI is InChI=1S/C23H27FN8O2S/c1-15-18-14-27-23(22-25-7-3-8-26-22)28-19(18)6-11-32(15)21-13-16(24)12-20(29-21)31-9-4-17(5-10-31)30-35(2,33)34/h3,7-8,12-15,17,30H,4-6,9-11H2,1-2H3. The summed E-state index contributed by atoms with van der Waals surface area (Å²) in [5.74, 6) is 1.74. The lowest BCUT2D eigenvalue weighted by Crippen LogP contribution is -2.44. The third-order valence-electron chi connectivity index (χ3n) is 6.43. The van der Waals surface area contributed by atoms with Gasteiger partial charge in [-0.05, 0) is 25.8 Å². The normalized spacial score (nSPS) is 19.0. The van der Waals surface area contributed by atoms with Crippen LogP contribution in [0.25, 0.3) is 11.6 Å². The van der Waals surface area contributed by atoms with Gasteiger partial charge in [0, 0.05) is 68.4 Å². The van der Waals surface area contributed by atoms with Crippen LogP contribution in [-0.2, 0) is 16.4 Å². The molecule has 5 heterocycles. The largest absolute Gasteiger partial charge is 0.356 e. The Bertz CT molecular complexity index is 1320. The first kappa shape index (κ1) is 23.5. The summed E-state index contributed by atoms with van der Waals surface area (Å²) in [4.78, 5) is 26.5. The van der Waals surface area contributed by atoms with Crippen LogP contribution in [0, 0.1) is 5.82 Å². The highest BCUT2D eigenvalue weighted by molar-refractivity contribution is 7.88. The van der Waals surface area contributed by atoms with Crippen LogP contribution in [0.3, 0.4) is 0 Å². The predicted octanol–water partition coefficient (Wildman–Crippen LogP) is 2.11. The Balaban J connectivity index is 1.34. The molecule has 10 nitrogen and oxygen atoms in total. The van der Waals surface area contributed by atoms with E-state index in [1.165, 1.54) is 18.4 Å². The van der Waals surface area contributed by atoms with Gasteiger partial charge in [0.25, 0.3) is 0 Å². The van der Waals surface area contributed by atoms with Crippen LogP contribution in [0.1, 0.15) is 37.1 Å². The molecule has 184 valence electrons. The SMILES string of the molecule is CC1c2cnc(-c3ncccn3)nc2CCN1c1cc(F)cc(N2CCC(NS(C)(=O)=O)CC2)n1. The topological polar surface area (TPSA) is 117 Å². The molecule has 35 heavy (non-hydrogen) atoms. The second-order valence-electron chi connectivity index (χ2n) is 8.94. The van der Waals surface area contributed by atoms with Gasteiger partial charge >= 0.3 is 0 Å². The van der Waals surface area contributed by atoms with Crippen LogP contribution in [0.4, 0.5) is 16.0 Å². The van der Waals surface area contributed by atoms with Crippen LogP contribution in [-0.4, -0.2) is 65.3 Å². The Kier molecular flexibility index (Phi) is 6.32. The molecule has 1 fully saturated rings. The molecule has 3 aromatic rings. The van der Waals surface area contributed by atoms with Crippen LogP contribution in [0.2, 0.25) is 0 Å². The summed E-state index contributed by atoms with van der Waals surface area (Å²) in [5, 5.41) is 0. The first-order valence-electron chi connectivity index (χ1n) is 11.6. The van der Waals surface area contributed by atoms with E-state index in [0.717, 1.165) is 11.3 Å². The van der Waals surface area contributed by atoms with Gasteiger partial charge in [0.2, 0.25) is 10.0 Å². The van der Waals surface area contributed by atoms with Crippen molar-refractivity contribution in [2.75, 3.05) is 35.7 Å². The second kappa shape index (κ2) is 9.42. The predicted molar refractivity (Wildman–Crippen MR) is 130 cm³/mol. The van der Waals surface area contributed by atoms with E-state index in [-0.39, 0.29) is 17.9 Å². The average molecular weight is 499 g/mol.